The number of aromatic nitrogens is 1. The Kier molecular flexibility index (Phi) is 4.33. The number of benzene rings is 1. The van der Waals surface area contributed by atoms with E-state index in [-0.39, 0.29) is 12.5 Å². The van der Waals surface area contributed by atoms with Crippen molar-refractivity contribution in [2.75, 3.05) is 0 Å². The number of hydrogen-bond acceptors (Lipinski definition) is 4. The number of ether oxygens (including phenoxy) is 2. The summed E-state index contributed by atoms with van der Waals surface area (Å²) in [6, 6.07) is 7.17. The van der Waals surface area contributed by atoms with E-state index in [4.69, 9.17) is 9.47 Å². The minimum absolute atomic E-state index is 0.110. The van der Waals surface area contributed by atoms with Gasteiger partial charge in [0.25, 0.3) is 0 Å². The maximum Gasteiger partial charge on any atom is 0.326 e. The van der Waals surface area contributed by atoms with Crippen molar-refractivity contribution < 1.29 is 19.1 Å². The van der Waals surface area contributed by atoms with Crippen molar-refractivity contribution in [3.8, 4) is 5.75 Å². The van der Waals surface area contributed by atoms with Gasteiger partial charge in [0.05, 0.1) is 5.52 Å². The molecule has 1 unspecified atom stereocenters. The number of hydrogen-bond donors (Lipinski definition) is 0. The molecule has 1 heterocycles. The Morgan fingerprint density at radius 3 is 2.57 bits per heavy atom. The van der Waals surface area contributed by atoms with Crippen molar-refractivity contribution in [3.05, 3.63) is 30.5 Å². The highest BCUT2D eigenvalue weighted by atomic mass is 31.0. The molecule has 5 nitrogen and oxygen atoms in total. The summed E-state index contributed by atoms with van der Waals surface area (Å²) in [5, 5.41) is 0.960. The summed E-state index contributed by atoms with van der Waals surface area (Å²) in [7, 11) is 1.96. The van der Waals surface area contributed by atoms with Crippen LogP contribution in [0.1, 0.15) is 20.8 Å². The lowest BCUT2D eigenvalue weighted by molar-refractivity contribution is -0.155. The zero-order valence-corrected chi connectivity index (χ0v) is 13.4. The Hall–Kier alpha value is -1.87. The van der Waals surface area contributed by atoms with Crippen molar-refractivity contribution in [1.82, 2.24) is 4.57 Å². The highest BCUT2D eigenvalue weighted by Gasteiger charge is 2.17. The molecular formula is C15H18NO4P. The monoisotopic (exact) mass is 307 g/mol. The Labute approximate surface area is 125 Å². The molecule has 1 atom stereocenters. The van der Waals surface area contributed by atoms with Crippen LogP contribution in [0.5, 0.6) is 5.75 Å². The summed E-state index contributed by atoms with van der Waals surface area (Å²) >= 11 is 0. The molecule has 112 valence electrons. The van der Waals surface area contributed by atoms with Gasteiger partial charge in [-0.2, -0.15) is 0 Å². The molecule has 0 fully saturated rings. The first-order valence-electron chi connectivity index (χ1n) is 6.53. The van der Waals surface area contributed by atoms with E-state index in [1.807, 2.05) is 42.1 Å². The average Bonchev–Trinajstić information content (AvgIpc) is 2.68. The topological polar surface area (TPSA) is 57.5 Å². The molecule has 0 amide bonds. The molecule has 21 heavy (non-hydrogen) atoms. The number of carbonyl (C=O) groups excluding carboxylic acids is 2. The van der Waals surface area contributed by atoms with Gasteiger partial charge in [-0.25, -0.2) is 4.79 Å². The standard InChI is InChI=1S/C15H18NO4P/c1-15(2,3)20-13(17)9-16-7-6-10-4-5-11(8-12(10)16)19-14(18)21/h4-8H,9,21H2,1-3H3. The van der Waals surface area contributed by atoms with Gasteiger partial charge in [0.2, 0.25) is 0 Å². The summed E-state index contributed by atoms with van der Waals surface area (Å²) in [6.45, 7) is 5.60. The van der Waals surface area contributed by atoms with Gasteiger partial charge in [0.15, 0.2) is 0 Å². The predicted octanol–water partition coefficient (Wildman–Crippen LogP) is 3.36. The van der Waals surface area contributed by atoms with E-state index in [0.29, 0.717) is 5.75 Å². The predicted molar refractivity (Wildman–Crippen MR) is 83.5 cm³/mol. The quantitative estimate of drug-likeness (QED) is 0.644. The molecule has 0 spiro atoms. The first kappa shape index (κ1) is 15.5. The summed E-state index contributed by atoms with van der Waals surface area (Å²) < 4.78 is 12.1. The van der Waals surface area contributed by atoms with Gasteiger partial charge in [-0.15, -0.1) is 0 Å². The van der Waals surface area contributed by atoms with E-state index in [2.05, 4.69) is 0 Å². The van der Waals surface area contributed by atoms with Crippen molar-refractivity contribution in [2.45, 2.75) is 32.9 Å². The molecular weight excluding hydrogens is 289 g/mol. The van der Waals surface area contributed by atoms with Crippen LogP contribution in [0.3, 0.4) is 0 Å². The maximum atomic E-state index is 11.9. The van der Waals surface area contributed by atoms with Crippen molar-refractivity contribution in [3.63, 3.8) is 0 Å². The largest absolute Gasteiger partial charge is 0.459 e. The molecule has 0 bridgehead atoms. The van der Waals surface area contributed by atoms with E-state index >= 15 is 0 Å². The molecule has 2 aromatic rings. The third-order valence-corrected chi connectivity index (χ3v) is 2.80. The Morgan fingerprint density at radius 1 is 1.24 bits per heavy atom. The Bertz CT molecular complexity index is 685. The smallest absolute Gasteiger partial charge is 0.326 e. The van der Waals surface area contributed by atoms with Gasteiger partial charge >= 0.3 is 11.7 Å². The van der Waals surface area contributed by atoms with Crippen LogP contribution >= 0.6 is 9.24 Å². The van der Waals surface area contributed by atoms with Crippen LogP contribution < -0.4 is 4.74 Å². The second-order valence-corrected chi connectivity index (χ2v) is 6.14. The lowest BCUT2D eigenvalue weighted by Gasteiger charge is -2.19. The molecule has 2 rings (SSSR count). The molecule has 0 aliphatic heterocycles. The van der Waals surface area contributed by atoms with Crippen LogP contribution in [-0.2, 0) is 16.1 Å². The fraction of sp³-hybridized carbons (Fsp3) is 0.333. The fourth-order valence-corrected chi connectivity index (χ4v) is 2.13. The van der Waals surface area contributed by atoms with E-state index in [1.165, 1.54) is 0 Å². The van der Waals surface area contributed by atoms with Crippen LogP contribution in [0.25, 0.3) is 10.9 Å². The minimum Gasteiger partial charge on any atom is -0.459 e. The molecule has 1 aromatic carbocycles. The van der Waals surface area contributed by atoms with Gasteiger partial charge in [-0.1, -0.05) is 0 Å². The van der Waals surface area contributed by atoms with Crippen molar-refractivity contribution in [2.24, 2.45) is 0 Å². The second kappa shape index (κ2) is 5.86. The summed E-state index contributed by atoms with van der Waals surface area (Å²) in [5.41, 5.74) is -0.163. The zero-order chi connectivity index (χ0) is 15.6. The normalized spacial score (nSPS) is 11.4. The molecule has 1 aromatic heterocycles. The van der Waals surface area contributed by atoms with Gasteiger partial charge < -0.3 is 14.0 Å². The average molecular weight is 307 g/mol. The van der Waals surface area contributed by atoms with Gasteiger partial charge in [0.1, 0.15) is 17.9 Å². The molecule has 0 aliphatic carbocycles. The number of nitrogens with zero attached hydrogens (tertiary/aromatic N) is 1. The van der Waals surface area contributed by atoms with Gasteiger partial charge in [-0.3, -0.25) is 4.79 Å². The minimum atomic E-state index is -0.514. The van der Waals surface area contributed by atoms with Crippen molar-refractivity contribution >= 4 is 31.8 Å². The summed E-state index contributed by atoms with van der Waals surface area (Å²) in [4.78, 5) is 22.9. The van der Waals surface area contributed by atoms with E-state index in [1.54, 1.807) is 22.9 Å². The van der Waals surface area contributed by atoms with E-state index in [0.717, 1.165) is 10.9 Å². The van der Waals surface area contributed by atoms with Crippen LogP contribution in [0.15, 0.2) is 30.5 Å². The number of carbonyl (C=O) groups is 2. The third kappa shape index (κ3) is 4.30. The van der Waals surface area contributed by atoms with E-state index in [9.17, 15) is 9.59 Å². The SMILES string of the molecule is CC(C)(C)OC(=O)Cn1ccc2ccc(OC(=O)P)cc21. The highest BCUT2D eigenvalue weighted by Crippen LogP contribution is 2.23. The summed E-state index contributed by atoms with van der Waals surface area (Å²) in [5.74, 6) is 0.125. The first-order valence-corrected chi connectivity index (χ1v) is 7.10. The fourth-order valence-electron chi connectivity index (χ4n) is 1.99. The molecule has 0 N–H and O–H groups in total. The molecule has 0 saturated heterocycles. The van der Waals surface area contributed by atoms with Crippen LogP contribution in [-0.4, -0.2) is 21.8 Å². The number of rotatable bonds is 3. The van der Waals surface area contributed by atoms with Gasteiger partial charge in [0, 0.05) is 12.3 Å². The first-order chi connectivity index (χ1) is 9.74. The summed E-state index contributed by atoms with van der Waals surface area (Å²) in [6.07, 6.45) is 1.81. The molecule has 6 heteroatoms. The third-order valence-electron chi connectivity index (χ3n) is 2.68. The van der Waals surface area contributed by atoms with E-state index < -0.39 is 11.3 Å². The van der Waals surface area contributed by atoms with Crippen LogP contribution in [0.2, 0.25) is 0 Å². The molecule has 0 saturated carbocycles. The molecule has 0 aliphatic rings. The lowest BCUT2D eigenvalue weighted by Crippen LogP contribution is -2.26. The number of fused-ring (bicyclic) bond motifs is 1. The Morgan fingerprint density at radius 2 is 1.95 bits per heavy atom. The highest BCUT2D eigenvalue weighted by molar-refractivity contribution is 7.39. The van der Waals surface area contributed by atoms with Crippen LogP contribution in [0, 0.1) is 0 Å². The lowest BCUT2D eigenvalue weighted by atomic mass is 10.2. The Balaban J connectivity index is 2.23. The second-order valence-electron chi connectivity index (χ2n) is 5.67. The number of esters is 1. The zero-order valence-electron chi connectivity index (χ0n) is 12.3. The van der Waals surface area contributed by atoms with Crippen LogP contribution in [0.4, 0.5) is 4.79 Å². The molecule has 0 radical (unpaired) electrons. The van der Waals surface area contributed by atoms with Crippen molar-refractivity contribution in [1.29, 1.82) is 0 Å². The van der Waals surface area contributed by atoms with Gasteiger partial charge in [-0.05, 0) is 53.6 Å². The maximum absolute atomic E-state index is 11.9.